The molecule has 1 aromatic heterocycles. The minimum absolute atomic E-state index is 0.232. The highest BCUT2D eigenvalue weighted by Crippen LogP contribution is 2.27. The second-order valence-corrected chi connectivity index (χ2v) is 3.69. The lowest BCUT2D eigenvalue weighted by Crippen LogP contribution is -2.12. The van der Waals surface area contributed by atoms with Crippen molar-refractivity contribution >= 4 is 5.97 Å². The highest BCUT2D eigenvalue weighted by Gasteiger charge is 2.21. The third-order valence-electron chi connectivity index (χ3n) is 2.55. The lowest BCUT2D eigenvalue weighted by Gasteiger charge is -2.10. The fourth-order valence-corrected chi connectivity index (χ4v) is 1.65. The Morgan fingerprint density at radius 3 is 2.50 bits per heavy atom. The molecular weight excluding hydrogens is 237 g/mol. The van der Waals surface area contributed by atoms with E-state index in [0.29, 0.717) is 5.56 Å². The molecule has 92 valence electrons. The van der Waals surface area contributed by atoms with Gasteiger partial charge in [0.1, 0.15) is 5.82 Å². The zero-order chi connectivity index (χ0) is 13.1. The summed E-state index contributed by atoms with van der Waals surface area (Å²) in [6.45, 7) is 0. The molecule has 0 fully saturated rings. The molecule has 0 saturated heterocycles. The third kappa shape index (κ3) is 2.21. The summed E-state index contributed by atoms with van der Waals surface area (Å²) < 4.78 is 14.1. The van der Waals surface area contributed by atoms with Gasteiger partial charge in [-0.1, -0.05) is 18.2 Å². The van der Waals surface area contributed by atoms with Crippen molar-refractivity contribution in [1.82, 2.24) is 4.98 Å². The molecule has 0 spiro atoms. The zero-order valence-electron chi connectivity index (χ0n) is 9.25. The smallest absolute Gasteiger partial charge is 0.337 e. The molecule has 18 heavy (non-hydrogen) atoms. The van der Waals surface area contributed by atoms with E-state index in [1.54, 1.807) is 12.1 Å². The molecule has 2 N–H and O–H groups in total. The van der Waals surface area contributed by atoms with E-state index < -0.39 is 17.9 Å². The van der Waals surface area contributed by atoms with Crippen LogP contribution in [0, 0.1) is 5.82 Å². The molecule has 0 aliphatic heterocycles. The van der Waals surface area contributed by atoms with Crippen LogP contribution in [-0.4, -0.2) is 21.2 Å². The monoisotopic (exact) mass is 247 g/mol. The second kappa shape index (κ2) is 4.93. The second-order valence-electron chi connectivity index (χ2n) is 3.69. The van der Waals surface area contributed by atoms with Crippen molar-refractivity contribution in [1.29, 1.82) is 0 Å². The first kappa shape index (κ1) is 12.2. The summed E-state index contributed by atoms with van der Waals surface area (Å²) >= 11 is 0. The minimum Gasteiger partial charge on any atom is -0.479 e. The zero-order valence-corrected chi connectivity index (χ0v) is 9.25. The molecular formula is C13H10FNO3. The van der Waals surface area contributed by atoms with Crippen LogP contribution in [0.2, 0.25) is 0 Å². The van der Waals surface area contributed by atoms with E-state index >= 15 is 0 Å². The van der Waals surface area contributed by atoms with Gasteiger partial charge in [-0.2, -0.15) is 0 Å². The molecule has 1 unspecified atom stereocenters. The van der Waals surface area contributed by atoms with E-state index in [1.165, 1.54) is 30.6 Å². The normalized spacial score (nSPS) is 12.1. The summed E-state index contributed by atoms with van der Waals surface area (Å²) in [7, 11) is 0. The van der Waals surface area contributed by atoms with Crippen molar-refractivity contribution in [2.75, 3.05) is 0 Å². The topological polar surface area (TPSA) is 70.4 Å². The molecule has 1 atom stereocenters. The van der Waals surface area contributed by atoms with Crippen LogP contribution in [0.1, 0.15) is 11.7 Å². The Labute approximate surface area is 102 Å². The number of aliphatic hydroxyl groups is 1. The number of aliphatic hydroxyl groups excluding tert-OH is 1. The van der Waals surface area contributed by atoms with E-state index in [1.807, 2.05) is 0 Å². The van der Waals surface area contributed by atoms with E-state index in [0.717, 1.165) is 0 Å². The van der Waals surface area contributed by atoms with Crippen LogP contribution in [0.25, 0.3) is 11.1 Å². The number of halogens is 1. The van der Waals surface area contributed by atoms with Crippen LogP contribution in [-0.2, 0) is 4.79 Å². The Morgan fingerprint density at radius 1 is 1.22 bits per heavy atom. The molecule has 0 amide bonds. The SMILES string of the molecule is O=C(O)C(O)c1cccc(-c2ccncc2)c1F. The number of rotatable bonds is 3. The third-order valence-corrected chi connectivity index (χ3v) is 2.55. The Bertz CT molecular complexity index is 572. The van der Waals surface area contributed by atoms with Gasteiger partial charge < -0.3 is 10.2 Å². The first-order chi connectivity index (χ1) is 8.61. The van der Waals surface area contributed by atoms with Crippen LogP contribution < -0.4 is 0 Å². The van der Waals surface area contributed by atoms with Crippen molar-refractivity contribution < 1.29 is 19.4 Å². The van der Waals surface area contributed by atoms with Gasteiger partial charge in [-0.15, -0.1) is 0 Å². The summed E-state index contributed by atoms with van der Waals surface area (Å²) in [6, 6.07) is 7.48. The van der Waals surface area contributed by atoms with Gasteiger partial charge in [0, 0.05) is 23.5 Å². The molecule has 1 heterocycles. The molecule has 0 aliphatic carbocycles. The van der Waals surface area contributed by atoms with Crippen molar-refractivity contribution in [2.45, 2.75) is 6.10 Å². The minimum atomic E-state index is -1.87. The first-order valence-corrected chi connectivity index (χ1v) is 5.21. The number of aliphatic carboxylic acids is 1. The molecule has 1 aromatic carbocycles. The van der Waals surface area contributed by atoms with Crippen molar-refractivity contribution in [3.8, 4) is 11.1 Å². The first-order valence-electron chi connectivity index (χ1n) is 5.21. The predicted octanol–water partition coefficient (Wildman–Crippen LogP) is 2.01. The average Bonchev–Trinajstić information content (AvgIpc) is 2.39. The summed E-state index contributed by atoms with van der Waals surface area (Å²) in [5.41, 5.74) is 0.550. The van der Waals surface area contributed by atoms with E-state index in [-0.39, 0.29) is 11.1 Å². The lowest BCUT2D eigenvalue weighted by molar-refractivity contribution is -0.147. The number of pyridine rings is 1. The van der Waals surface area contributed by atoms with Gasteiger partial charge in [-0.25, -0.2) is 9.18 Å². The summed E-state index contributed by atoms with van der Waals surface area (Å²) in [5.74, 6) is -2.22. The van der Waals surface area contributed by atoms with Gasteiger partial charge in [0.2, 0.25) is 0 Å². The molecule has 0 bridgehead atoms. The number of hydrogen-bond acceptors (Lipinski definition) is 3. The van der Waals surface area contributed by atoms with E-state index in [4.69, 9.17) is 5.11 Å². The van der Waals surface area contributed by atoms with Gasteiger partial charge >= 0.3 is 5.97 Å². The Morgan fingerprint density at radius 2 is 1.89 bits per heavy atom. The number of carboxylic acid groups (broad SMARTS) is 1. The van der Waals surface area contributed by atoms with Crippen molar-refractivity contribution in [2.24, 2.45) is 0 Å². The van der Waals surface area contributed by atoms with Crippen LogP contribution in [0.5, 0.6) is 0 Å². The standard InChI is InChI=1S/C13H10FNO3/c14-11-9(8-4-6-15-7-5-8)2-1-3-10(11)12(16)13(17)18/h1-7,12,16H,(H,17,18). The number of benzene rings is 1. The Balaban J connectivity index is 2.52. The highest BCUT2D eigenvalue weighted by molar-refractivity contribution is 5.75. The Kier molecular flexibility index (Phi) is 3.34. The predicted molar refractivity (Wildman–Crippen MR) is 62.2 cm³/mol. The van der Waals surface area contributed by atoms with Crippen molar-refractivity contribution in [3.05, 3.63) is 54.1 Å². The van der Waals surface area contributed by atoms with Crippen LogP contribution in [0.4, 0.5) is 4.39 Å². The maximum atomic E-state index is 14.1. The summed E-state index contributed by atoms with van der Waals surface area (Å²) in [6.07, 6.45) is 1.15. The van der Waals surface area contributed by atoms with Gasteiger partial charge in [-0.3, -0.25) is 4.98 Å². The molecule has 2 aromatic rings. The molecule has 4 nitrogen and oxygen atoms in total. The van der Waals surface area contributed by atoms with Crippen molar-refractivity contribution in [3.63, 3.8) is 0 Å². The van der Waals surface area contributed by atoms with Gasteiger partial charge in [0.15, 0.2) is 6.10 Å². The summed E-state index contributed by atoms with van der Waals surface area (Å²) in [4.78, 5) is 14.5. The maximum Gasteiger partial charge on any atom is 0.337 e. The van der Waals surface area contributed by atoms with E-state index in [9.17, 15) is 14.3 Å². The molecule has 2 rings (SSSR count). The quantitative estimate of drug-likeness (QED) is 0.870. The average molecular weight is 247 g/mol. The van der Waals surface area contributed by atoms with Crippen LogP contribution in [0.15, 0.2) is 42.7 Å². The van der Waals surface area contributed by atoms with Gasteiger partial charge in [0.05, 0.1) is 0 Å². The molecule has 0 radical (unpaired) electrons. The number of hydrogen-bond donors (Lipinski definition) is 2. The number of aromatic nitrogens is 1. The molecule has 0 aliphatic rings. The van der Waals surface area contributed by atoms with E-state index in [2.05, 4.69) is 4.98 Å². The lowest BCUT2D eigenvalue weighted by atomic mass is 10.0. The van der Waals surface area contributed by atoms with Gasteiger partial charge in [0.25, 0.3) is 0 Å². The number of carboxylic acids is 1. The van der Waals surface area contributed by atoms with Gasteiger partial charge in [-0.05, 0) is 17.7 Å². The summed E-state index contributed by atoms with van der Waals surface area (Å²) in [5, 5.41) is 18.1. The van der Waals surface area contributed by atoms with Crippen LogP contribution >= 0.6 is 0 Å². The highest BCUT2D eigenvalue weighted by atomic mass is 19.1. The number of nitrogens with zero attached hydrogens (tertiary/aromatic N) is 1. The molecule has 5 heteroatoms. The Hall–Kier alpha value is -2.27. The molecule has 0 saturated carbocycles. The number of carbonyl (C=O) groups is 1. The fraction of sp³-hybridized carbons (Fsp3) is 0.0769. The fourth-order valence-electron chi connectivity index (χ4n) is 1.65. The van der Waals surface area contributed by atoms with Crippen LogP contribution in [0.3, 0.4) is 0 Å². The maximum absolute atomic E-state index is 14.1. The largest absolute Gasteiger partial charge is 0.479 e.